The summed E-state index contributed by atoms with van der Waals surface area (Å²) in [5, 5.41) is 15.1. The molecule has 3 rings (SSSR count). The van der Waals surface area contributed by atoms with Gasteiger partial charge in [0.15, 0.2) is 0 Å². The van der Waals surface area contributed by atoms with Crippen molar-refractivity contribution in [3.63, 3.8) is 0 Å². The van der Waals surface area contributed by atoms with Crippen LogP contribution in [0.3, 0.4) is 0 Å². The molecule has 0 fully saturated rings. The van der Waals surface area contributed by atoms with Gasteiger partial charge in [0.05, 0.1) is 32.9 Å². The molecule has 1 N–H and O–H groups in total. The van der Waals surface area contributed by atoms with Crippen LogP contribution in [0.25, 0.3) is 10.2 Å². The van der Waals surface area contributed by atoms with Crippen molar-refractivity contribution in [3.05, 3.63) is 45.1 Å². The van der Waals surface area contributed by atoms with E-state index in [1.807, 2.05) is 6.92 Å². The summed E-state index contributed by atoms with van der Waals surface area (Å²) in [4.78, 5) is 19.2. The van der Waals surface area contributed by atoms with Crippen LogP contribution in [0.15, 0.2) is 22.7 Å². The molecule has 0 saturated carbocycles. The number of aromatic nitrogens is 2. The Bertz CT molecular complexity index is 824. The minimum absolute atomic E-state index is 0.0226. The predicted molar refractivity (Wildman–Crippen MR) is 79.6 cm³/mol. The lowest BCUT2D eigenvalue weighted by Crippen LogP contribution is -2.02. The summed E-state index contributed by atoms with van der Waals surface area (Å²) in [6.07, 6.45) is 1.61. The van der Waals surface area contributed by atoms with Gasteiger partial charge in [-0.1, -0.05) is 0 Å². The highest BCUT2D eigenvalue weighted by Gasteiger charge is 2.17. The molecule has 0 radical (unpaired) electrons. The molecule has 1 aromatic carbocycles. The number of hydrogen-bond donors (Lipinski definition) is 1. The maximum Gasteiger partial charge on any atom is 0.293 e. The van der Waals surface area contributed by atoms with Gasteiger partial charge in [-0.2, -0.15) is 0 Å². The molecule has 7 nitrogen and oxygen atoms in total. The summed E-state index contributed by atoms with van der Waals surface area (Å²) in [5.74, 6) is 1.18. The molecule has 0 aliphatic rings. The van der Waals surface area contributed by atoms with Gasteiger partial charge in [0.2, 0.25) is 5.89 Å². The molecule has 0 saturated heterocycles. The molecule has 2 aromatic heterocycles. The monoisotopic (exact) mass is 304 g/mol. The first kappa shape index (κ1) is 13.5. The number of rotatable bonds is 4. The first-order valence-electron chi connectivity index (χ1n) is 6.23. The van der Waals surface area contributed by atoms with E-state index in [4.69, 9.17) is 4.42 Å². The van der Waals surface area contributed by atoms with Crippen molar-refractivity contribution in [2.75, 3.05) is 5.32 Å². The Morgan fingerprint density at radius 3 is 2.90 bits per heavy atom. The summed E-state index contributed by atoms with van der Waals surface area (Å²) in [6.45, 7) is 3.95. The average molecular weight is 304 g/mol. The lowest BCUT2D eigenvalue weighted by atomic mass is 10.2. The minimum Gasteiger partial charge on any atom is -0.444 e. The van der Waals surface area contributed by atoms with Gasteiger partial charge in [-0.15, -0.1) is 11.3 Å². The SMILES string of the molecule is Cc1cnc(CNc2cc3nc(C)sc3cc2[N+](=O)[O-])o1. The third-order valence-corrected chi connectivity index (χ3v) is 3.84. The van der Waals surface area contributed by atoms with Gasteiger partial charge < -0.3 is 9.73 Å². The molecular formula is C13H12N4O3S. The normalized spacial score (nSPS) is 11.0. The van der Waals surface area contributed by atoms with Crippen molar-refractivity contribution >= 4 is 32.9 Å². The molecule has 0 aliphatic carbocycles. The van der Waals surface area contributed by atoms with Gasteiger partial charge in [0.1, 0.15) is 11.4 Å². The highest BCUT2D eigenvalue weighted by molar-refractivity contribution is 7.18. The van der Waals surface area contributed by atoms with Gasteiger partial charge in [0.25, 0.3) is 5.69 Å². The number of nitro benzene ring substituents is 1. The van der Waals surface area contributed by atoms with Gasteiger partial charge >= 0.3 is 0 Å². The molecule has 0 atom stereocenters. The number of benzene rings is 1. The summed E-state index contributed by atoms with van der Waals surface area (Å²) in [6, 6.07) is 3.23. The van der Waals surface area contributed by atoms with Crippen LogP contribution >= 0.6 is 11.3 Å². The van der Waals surface area contributed by atoms with Crippen LogP contribution in [0.4, 0.5) is 11.4 Å². The highest BCUT2D eigenvalue weighted by atomic mass is 32.1. The Kier molecular flexibility index (Phi) is 3.30. The number of oxazole rings is 1. The van der Waals surface area contributed by atoms with Crippen LogP contribution in [0.1, 0.15) is 16.7 Å². The number of nitro groups is 1. The van der Waals surface area contributed by atoms with Crippen LogP contribution < -0.4 is 5.32 Å². The van der Waals surface area contributed by atoms with Crippen molar-refractivity contribution in [1.29, 1.82) is 0 Å². The van der Waals surface area contributed by atoms with E-state index >= 15 is 0 Å². The highest BCUT2D eigenvalue weighted by Crippen LogP contribution is 2.33. The largest absolute Gasteiger partial charge is 0.444 e. The second-order valence-corrected chi connectivity index (χ2v) is 5.78. The van der Waals surface area contributed by atoms with Gasteiger partial charge in [-0.3, -0.25) is 10.1 Å². The van der Waals surface area contributed by atoms with Crippen LogP contribution in [0.5, 0.6) is 0 Å². The fourth-order valence-electron chi connectivity index (χ4n) is 2.02. The zero-order chi connectivity index (χ0) is 15.0. The molecule has 108 valence electrons. The van der Waals surface area contributed by atoms with E-state index in [9.17, 15) is 10.1 Å². The Balaban J connectivity index is 1.95. The molecule has 8 heteroatoms. The summed E-state index contributed by atoms with van der Waals surface area (Å²) >= 11 is 1.44. The molecule has 21 heavy (non-hydrogen) atoms. The second-order valence-electron chi connectivity index (χ2n) is 4.55. The maximum atomic E-state index is 11.2. The van der Waals surface area contributed by atoms with E-state index in [0.29, 0.717) is 17.3 Å². The van der Waals surface area contributed by atoms with E-state index in [1.54, 1.807) is 25.3 Å². The van der Waals surface area contributed by atoms with Crippen molar-refractivity contribution in [1.82, 2.24) is 9.97 Å². The smallest absolute Gasteiger partial charge is 0.293 e. The molecular weight excluding hydrogens is 292 g/mol. The molecule has 0 spiro atoms. The topological polar surface area (TPSA) is 94.1 Å². The molecule has 0 amide bonds. The third kappa shape index (κ3) is 2.70. The van der Waals surface area contributed by atoms with Crippen molar-refractivity contribution < 1.29 is 9.34 Å². The Hall–Kier alpha value is -2.48. The van der Waals surface area contributed by atoms with Crippen LogP contribution in [-0.2, 0) is 6.54 Å². The fraction of sp³-hybridized carbons (Fsp3) is 0.231. The van der Waals surface area contributed by atoms with E-state index in [0.717, 1.165) is 15.2 Å². The zero-order valence-corrected chi connectivity index (χ0v) is 12.2. The maximum absolute atomic E-state index is 11.2. The van der Waals surface area contributed by atoms with Gasteiger partial charge in [0, 0.05) is 6.07 Å². The predicted octanol–water partition coefficient (Wildman–Crippen LogP) is 3.42. The first-order chi connectivity index (χ1) is 10.0. The number of hydrogen-bond acceptors (Lipinski definition) is 7. The fourth-order valence-corrected chi connectivity index (χ4v) is 2.87. The van der Waals surface area contributed by atoms with Gasteiger partial charge in [-0.05, 0) is 19.9 Å². The Labute approximate surface area is 123 Å². The van der Waals surface area contributed by atoms with Crippen LogP contribution in [0, 0.1) is 24.0 Å². The van der Waals surface area contributed by atoms with E-state index in [2.05, 4.69) is 15.3 Å². The number of fused-ring (bicyclic) bond motifs is 1. The quantitative estimate of drug-likeness (QED) is 0.586. The number of nitrogens with zero attached hydrogens (tertiary/aromatic N) is 3. The summed E-state index contributed by atoms with van der Waals surface area (Å²) in [7, 11) is 0. The lowest BCUT2D eigenvalue weighted by Gasteiger charge is -2.05. The van der Waals surface area contributed by atoms with Crippen molar-refractivity contribution in [2.45, 2.75) is 20.4 Å². The van der Waals surface area contributed by atoms with E-state index < -0.39 is 4.92 Å². The zero-order valence-electron chi connectivity index (χ0n) is 11.4. The lowest BCUT2D eigenvalue weighted by molar-refractivity contribution is -0.383. The third-order valence-electron chi connectivity index (χ3n) is 2.91. The summed E-state index contributed by atoms with van der Waals surface area (Å²) < 4.78 is 6.14. The summed E-state index contributed by atoms with van der Waals surface area (Å²) in [5.41, 5.74) is 1.18. The number of thiazole rings is 1. The molecule has 0 aliphatic heterocycles. The number of nitrogens with one attached hydrogen (secondary N) is 1. The van der Waals surface area contributed by atoms with Crippen molar-refractivity contribution in [3.8, 4) is 0 Å². The van der Waals surface area contributed by atoms with Crippen LogP contribution in [-0.4, -0.2) is 14.9 Å². The van der Waals surface area contributed by atoms with E-state index in [-0.39, 0.29) is 12.2 Å². The second kappa shape index (κ2) is 5.13. The molecule has 0 unspecified atom stereocenters. The average Bonchev–Trinajstić information content (AvgIpc) is 2.99. The van der Waals surface area contributed by atoms with Gasteiger partial charge in [-0.25, -0.2) is 9.97 Å². The minimum atomic E-state index is -0.405. The molecule has 0 bridgehead atoms. The van der Waals surface area contributed by atoms with Crippen LogP contribution in [0.2, 0.25) is 0 Å². The number of anilines is 1. The molecule has 2 heterocycles. The standard InChI is InChI=1S/C13H12N4O3S/c1-7-5-15-13(20-7)6-14-9-3-10-12(21-8(2)16-10)4-11(9)17(18)19/h3-5,14H,6H2,1-2H3. The Morgan fingerprint density at radius 2 is 2.24 bits per heavy atom. The van der Waals surface area contributed by atoms with E-state index in [1.165, 1.54) is 11.3 Å². The number of aryl methyl sites for hydroxylation is 2. The Morgan fingerprint density at radius 1 is 1.43 bits per heavy atom. The first-order valence-corrected chi connectivity index (χ1v) is 7.05. The molecule has 3 aromatic rings. The van der Waals surface area contributed by atoms with Crippen molar-refractivity contribution in [2.24, 2.45) is 0 Å².